The third-order valence-corrected chi connectivity index (χ3v) is 6.99. The van der Waals surface area contributed by atoms with Crippen LogP contribution in [0.15, 0.2) is 29.2 Å². The van der Waals surface area contributed by atoms with Gasteiger partial charge in [-0.05, 0) is 25.0 Å². The predicted molar refractivity (Wildman–Crippen MR) is 103 cm³/mol. The third kappa shape index (κ3) is 5.13. The number of nitrogens with one attached hydrogen (secondary N) is 2. The summed E-state index contributed by atoms with van der Waals surface area (Å²) < 4.78 is 5.54. The molecular formula is C19H28ClN2O2S+. The Morgan fingerprint density at radius 1 is 1.20 bits per heavy atom. The minimum absolute atomic E-state index is 0.0996. The Labute approximate surface area is 159 Å². The topological polar surface area (TPSA) is 42.8 Å². The van der Waals surface area contributed by atoms with Gasteiger partial charge in [0.25, 0.3) is 0 Å². The maximum Gasteiger partial charge on any atom is 0.230 e. The van der Waals surface area contributed by atoms with Gasteiger partial charge in [-0.1, -0.05) is 30.2 Å². The molecule has 1 saturated carbocycles. The minimum atomic E-state index is 0.0996. The average Bonchev–Trinajstić information content (AvgIpc) is 2.67. The Balaban J connectivity index is 1.53. The minimum Gasteiger partial charge on any atom is -0.370 e. The largest absolute Gasteiger partial charge is 0.370 e. The predicted octanol–water partition coefficient (Wildman–Crippen LogP) is 2.17. The fraction of sp³-hybridized carbons (Fsp3) is 0.632. The first-order valence-corrected chi connectivity index (χ1v) is 10.6. The number of amides is 1. The highest BCUT2D eigenvalue weighted by Gasteiger charge is 2.42. The van der Waals surface area contributed by atoms with E-state index in [-0.39, 0.29) is 11.4 Å². The van der Waals surface area contributed by atoms with Crippen molar-refractivity contribution in [1.29, 1.82) is 0 Å². The van der Waals surface area contributed by atoms with Gasteiger partial charge < -0.3 is 15.0 Å². The Kier molecular flexibility index (Phi) is 7.05. The van der Waals surface area contributed by atoms with Gasteiger partial charge in [-0.15, -0.1) is 11.8 Å². The third-order valence-electron chi connectivity index (χ3n) is 5.48. The molecule has 138 valence electrons. The van der Waals surface area contributed by atoms with Crippen LogP contribution in [0.3, 0.4) is 0 Å². The highest BCUT2D eigenvalue weighted by atomic mass is 35.5. The van der Waals surface area contributed by atoms with Crippen LogP contribution >= 0.6 is 23.4 Å². The maximum absolute atomic E-state index is 12.4. The van der Waals surface area contributed by atoms with Gasteiger partial charge in [0.15, 0.2) is 0 Å². The van der Waals surface area contributed by atoms with E-state index in [2.05, 4.69) is 5.32 Å². The molecule has 0 aromatic heterocycles. The molecule has 1 amide bonds. The molecule has 1 heterocycles. The molecule has 1 saturated heterocycles. The number of hydrogen-bond acceptors (Lipinski definition) is 3. The van der Waals surface area contributed by atoms with E-state index in [0.29, 0.717) is 10.8 Å². The summed E-state index contributed by atoms with van der Waals surface area (Å²) in [6.45, 7) is 4.58. The highest BCUT2D eigenvalue weighted by Crippen LogP contribution is 2.27. The zero-order chi connectivity index (χ0) is 17.5. The van der Waals surface area contributed by atoms with E-state index in [4.69, 9.17) is 16.3 Å². The Morgan fingerprint density at radius 2 is 1.92 bits per heavy atom. The quantitative estimate of drug-likeness (QED) is 0.740. The first kappa shape index (κ1) is 19.0. The molecule has 0 spiro atoms. The molecule has 6 heteroatoms. The van der Waals surface area contributed by atoms with E-state index in [0.717, 1.165) is 37.7 Å². The van der Waals surface area contributed by atoms with Crippen molar-refractivity contribution in [3.05, 3.63) is 29.3 Å². The number of carbonyl (C=O) groups excluding carboxylic acids is 1. The maximum atomic E-state index is 12.4. The summed E-state index contributed by atoms with van der Waals surface area (Å²) in [7, 11) is 0. The second-order valence-electron chi connectivity index (χ2n) is 7.05. The van der Waals surface area contributed by atoms with Gasteiger partial charge in [0.05, 0.1) is 30.5 Å². The summed E-state index contributed by atoms with van der Waals surface area (Å²) in [5, 5.41) is 3.93. The van der Waals surface area contributed by atoms with Crippen molar-refractivity contribution in [1.82, 2.24) is 5.32 Å². The van der Waals surface area contributed by atoms with Crippen molar-refractivity contribution >= 4 is 29.3 Å². The number of morpholine rings is 1. The van der Waals surface area contributed by atoms with E-state index in [1.54, 1.807) is 4.90 Å². The molecule has 0 unspecified atom stereocenters. The lowest BCUT2D eigenvalue weighted by atomic mass is 9.79. The number of thioether (sulfide) groups is 1. The summed E-state index contributed by atoms with van der Waals surface area (Å²) >= 11 is 7.67. The van der Waals surface area contributed by atoms with Gasteiger partial charge in [0.2, 0.25) is 5.91 Å². The van der Waals surface area contributed by atoms with Gasteiger partial charge in [-0.3, -0.25) is 4.79 Å². The fourth-order valence-electron chi connectivity index (χ4n) is 4.06. The van der Waals surface area contributed by atoms with Gasteiger partial charge >= 0.3 is 0 Å². The van der Waals surface area contributed by atoms with Crippen LogP contribution in [-0.2, 0) is 9.53 Å². The second kappa shape index (κ2) is 9.26. The monoisotopic (exact) mass is 383 g/mol. The summed E-state index contributed by atoms with van der Waals surface area (Å²) in [4.78, 5) is 15.0. The standard InChI is InChI=1S/C19H27ClN2O2S/c20-16-6-2-3-7-17(16)25-14-18(23)21-15-19(8-4-1-5-9-19)22-10-12-24-13-11-22/h2-3,6-7H,1,4-5,8-15H2,(H,21,23)/p+1. The normalized spacial score (nSPS) is 21.0. The van der Waals surface area contributed by atoms with Crippen LogP contribution in [0.25, 0.3) is 0 Å². The van der Waals surface area contributed by atoms with Crippen molar-refractivity contribution in [2.24, 2.45) is 0 Å². The Bertz CT molecular complexity index is 572. The van der Waals surface area contributed by atoms with Crippen molar-refractivity contribution in [3.8, 4) is 0 Å². The van der Waals surface area contributed by atoms with Crippen LogP contribution in [0.2, 0.25) is 5.02 Å². The summed E-state index contributed by atoms with van der Waals surface area (Å²) in [5.41, 5.74) is 0.201. The number of halogens is 1. The number of quaternary nitrogens is 1. The van der Waals surface area contributed by atoms with Crippen molar-refractivity contribution in [3.63, 3.8) is 0 Å². The van der Waals surface area contributed by atoms with Crippen LogP contribution in [0.5, 0.6) is 0 Å². The van der Waals surface area contributed by atoms with Crippen LogP contribution in [0, 0.1) is 0 Å². The number of ether oxygens (including phenoxy) is 1. The molecule has 2 N–H and O–H groups in total. The molecule has 0 bridgehead atoms. The van der Waals surface area contributed by atoms with E-state index < -0.39 is 0 Å². The molecule has 1 aromatic carbocycles. The molecule has 25 heavy (non-hydrogen) atoms. The zero-order valence-corrected chi connectivity index (χ0v) is 16.3. The molecule has 0 atom stereocenters. The van der Waals surface area contributed by atoms with Crippen LogP contribution in [-0.4, -0.2) is 50.0 Å². The molecule has 4 nitrogen and oxygen atoms in total. The number of carbonyl (C=O) groups is 1. The molecular weight excluding hydrogens is 356 g/mol. The lowest BCUT2D eigenvalue weighted by Crippen LogP contribution is -3.23. The molecule has 2 aliphatic rings. The fourth-order valence-corrected chi connectivity index (χ4v) is 5.12. The van der Waals surface area contributed by atoms with E-state index in [9.17, 15) is 4.79 Å². The number of benzene rings is 1. The average molecular weight is 384 g/mol. The molecule has 1 aromatic rings. The molecule has 2 fully saturated rings. The van der Waals surface area contributed by atoms with E-state index in [1.807, 2.05) is 24.3 Å². The smallest absolute Gasteiger partial charge is 0.230 e. The highest BCUT2D eigenvalue weighted by molar-refractivity contribution is 8.00. The van der Waals surface area contributed by atoms with Gasteiger partial charge in [-0.25, -0.2) is 0 Å². The summed E-state index contributed by atoms with van der Waals surface area (Å²) in [6, 6.07) is 7.68. The van der Waals surface area contributed by atoms with Crippen molar-refractivity contribution in [2.75, 3.05) is 38.6 Å². The van der Waals surface area contributed by atoms with Gasteiger partial charge in [0.1, 0.15) is 18.6 Å². The first-order chi connectivity index (χ1) is 12.2. The van der Waals surface area contributed by atoms with Gasteiger partial charge in [-0.2, -0.15) is 0 Å². The van der Waals surface area contributed by atoms with Crippen molar-refractivity contribution in [2.45, 2.75) is 42.5 Å². The summed E-state index contributed by atoms with van der Waals surface area (Å²) in [6.07, 6.45) is 6.28. The molecule has 1 aliphatic carbocycles. The number of hydrogen-bond donors (Lipinski definition) is 2. The van der Waals surface area contributed by atoms with Gasteiger partial charge in [0, 0.05) is 17.7 Å². The molecule has 0 radical (unpaired) electrons. The zero-order valence-electron chi connectivity index (χ0n) is 14.7. The van der Waals surface area contributed by atoms with Crippen molar-refractivity contribution < 1.29 is 14.4 Å². The SMILES string of the molecule is O=C(CSc1ccccc1Cl)NCC1([NH+]2CCOCC2)CCCCC1. The molecule has 3 rings (SSSR count). The van der Waals surface area contributed by atoms with E-state index >= 15 is 0 Å². The van der Waals surface area contributed by atoms with Crippen LogP contribution in [0.1, 0.15) is 32.1 Å². The second-order valence-corrected chi connectivity index (χ2v) is 8.48. The van der Waals surface area contributed by atoms with Crippen LogP contribution in [0.4, 0.5) is 0 Å². The van der Waals surface area contributed by atoms with Crippen LogP contribution < -0.4 is 10.2 Å². The Hall–Kier alpha value is -0.750. The first-order valence-electron chi connectivity index (χ1n) is 9.27. The lowest BCUT2D eigenvalue weighted by molar-refractivity contribution is -0.960. The molecule has 1 aliphatic heterocycles. The summed E-state index contributed by atoms with van der Waals surface area (Å²) in [5.74, 6) is 0.515. The van der Waals surface area contributed by atoms with E-state index in [1.165, 1.54) is 43.9 Å². The number of rotatable bonds is 6. The Morgan fingerprint density at radius 3 is 2.64 bits per heavy atom. The lowest BCUT2D eigenvalue weighted by Gasteiger charge is -2.45.